The maximum Gasteiger partial charge on any atom is 0.264 e. The van der Waals surface area contributed by atoms with Gasteiger partial charge in [-0.25, -0.2) is 0 Å². The van der Waals surface area contributed by atoms with Gasteiger partial charge in [0.1, 0.15) is 0 Å². The van der Waals surface area contributed by atoms with Crippen molar-refractivity contribution >= 4 is 38.0 Å². The Labute approximate surface area is 126 Å². The predicted octanol–water partition coefficient (Wildman–Crippen LogP) is 1.69. The van der Waals surface area contributed by atoms with E-state index in [1.165, 1.54) is 9.40 Å². The first kappa shape index (κ1) is 12.8. The van der Waals surface area contributed by atoms with Gasteiger partial charge in [0.2, 0.25) is 0 Å². The number of hydrogen-bond donors (Lipinski definition) is 1. The molecule has 2 fully saturated rings. The lowest BCUT2D eigenvalue weighted by Crippen LogP contribution is -2.62. The molecule has 2 aromatic rings. The SMILES string of the molecule is O=C(c1cc2sccc2s1)N1CCN(C2CNC2)CC1. The van der Waals surface area contributed by atoms with Crippen molar-refractivity contribution in [1.82, 2.24) is 15.1 Å². The maximum absolute atomic E-state index is 12.5. The molecule has 4 nitrogen and oxygen atoms in total. The van der Waals surface area contributed by atoms with Crippen LogP contribution in [0.2, 0.25) is 0 Å². The van der Waals surface area contributed by atoms with E-state index < -0.39 is 0 Å². The van der Waals surface area contributed by atoms with Crippen molar-refractivity contribution in [2.45, 2.75) is 6.04 Å². The Hall–Kier alpha value is -0.950. The number of rotatable bonds is 2. The van der Waals surface area contributed by atoms with Crippen molar-refractivity contribution in [2.75, 3.05) is 39.3 Å². The van der Waals surface area contributed by atoms with Crippen molar-refractivity contribution in [3.63, 3.8) is 0 Å². The first-order valence-electron chi connectivity index (χ1n) is 7.02. The van der Waals surface area contributed by atoms with Gasteiger partial charge >= 0.3 is 0 Å². The molecule has 4 rings (SSSR count). The van der Waals surface area contributed by atoms with Gasteiger partial charge in [-0.3, -0.25) is 9.69 Å². The summed E-state index contributed by atoms with van der Waals surface area (Å²) in [7, 11) is 0. The fourth-order valence-corrected chi connectivity index (χ4v) is 4.93. The zero-order valence-corrected chi connectivity index (χ0v) is 12.8. The van der Waals surface area contributed by atoms with Gasteiger partial charge < -0.3 is 10.2 Å². The second-order valence-corrected chi connectivity index (χ2v) is 7.43. The number of carbonyl (C=O) groups excluding carboxylic acids is 1. The smallest absolute Gasteiger partial charge is 0.264 e. The highest BCUT2D eigenvalue weighted by molar-refractivity contribution is 7.27. The molecule has 106 valence electrons. The molecule has 1 N–H and O–H groups in total. The van der Waals surface area contributed by atoms with Crippen LogP contribution < -0.4 is 5.32 Å². The number of thiophene rings is 2. The van der Waals surface area contributed by atoms with E-state index in [4.69, 9.17) is 0 Å². The molecule has 2 saturated heterocycles. The van der Waals surface area contributed by atoms with Gasteiger partial charge in [0, 0.05) is 54.7 Å². The van der Waals surface area contributed by atoms with Gasteiger partial charge in [0.25, 0.3) is 5.91 Å². The Balaban J connectivity index is 1.43. The third-order valence-electron chi connectivity index (χ3n) is 4.23. The van der Waals surface area contributed by atoms with Gasteiger partial charge in [-0.1, -0.05) is 0 Å². The van der Waals surface area contributed by atoms with Crippen molar-refractivity contribution in [1.29, 1.82) is 0 Å². The number of amides is 1. The standard InChI is InChI=1S/C14H17N3OS2/c18-14(13-7-12-11(20-13)1-6-19-12)17-4-2-16(3-5-17)10-8-15-9-10/h1,6-7,10,15H,2-5,8-9H2. The van der Waals surface area contributed by atoms with Crippen LogP contribution >= 0.6 is 22.7 Å². The summed E-state index contributed by atoms with van der Waals surface area (Å²) < 4.78 is 2.47. The first-order chi connectivity index (χ1) is 9.81. The summed E-state index contributed by atoms with van der Waals surface area (Å²) in [5, 5.41) is 5.40. The second-order valence-electron chi connectivity index (χ2n) is 5.40. The monoisotopic (exact) mass is 307 g/mol. The molecule has 1 amide bonds. The number of nitrogens with zero attached hydrogens (tertiary/aromatic N) is 2. The number of piperazine rings is 1. The molecule has 0 atom stereocenters. The lowest BCUT2D eigenvalue weighted by atomic mass is 10.1. The van der Waals surface area contributed by atoms with E-state index in [9.17, 15) is 4.79 Å². The van der Waals surface area contributed by atoms with Crippen LogP contribution in [-0.2, 0) is 0 Å². The third-order valence-corrected chi connectivity index (χ3v) is 6.31. The van der Waals surface area contributed by atoms with Gasteiger partial charge in [-0.05, 0) is 17.5 Å². The molecule has 0 unspecified atom stereocenters. The van der Waals surface area contributed by atoms with E-state index in [-0.39, 0.29) is 5.91 Å². The molecule has 4 heterocycles. The van der Waals surface area contributed by atoms with Crippen molar-refractivity contribution in [3.05, 3.63) is 22.4 Å². The van der Waals surface area contributed by atoms with Gasteiger partial charge in [0.15, 0.2) is 0 Å². The Morgan fingerprint density at radius 2 is 2.00 bits per heavy atom. The van der Waals surface area contributed by atoms with Gasteiger partial charge in [-0.15, -0.1) is 22.7 Å². The normalized spacial score (nSPS) is 21.3. The molecule has 6 heteroatoms. The van der Waals surface area contributed by atoms with Crippen LogP contribution in [0.1, 0.15) is 9.67 Å². The zero-order chi connectivity index (χ0) is 13.5. The number of carbonyl (C=O) groups is 1. The minimum Gasteiger partial charge on any atom is -0.335 e. The Kier molecular flexibility index (Phi) is 3.26. The molecular weight excluding hydrogens is 290 g/mol. The van der Waals surface area contributed by atoms with Crippen LogP contribution in [0.5, 0.6) is 0 Å². The second kappa shape index (κ2) is 5.11. The van der Waals surface area contributed by atoms with Crippen LogP contribution in [0.3, 0.4) is 0 Å². The fourth-order valence-electron chi connectivity index (χ4n) is 2.85. The Morgan fingerprint density at radius 1 is 1.20 bits per heavy atom. The van der Waals surface area contributed by atoms with Crippen molar-refractivity contribution in [2.24, 2.45) is 0 Å². The van der Waals surface area contributed by atoms with E-state index in [0.717, 1.165) is 44.1 Å². The van der Waals surface area contributed by atoms with Crippen LogP contribution in [-0.4, -0.2) is 61.0 Å². The first-order valence-corrected chi connectivity index (χ1v) is 8.72. The Bertz CT molecular complexity index is 595. The molecular formula is C14H17N3OS2. The minimum absolute atomic E-state index is 0.213. The molecule has 0 radical (unpaired) electrons. The van der Waals surface area contributed by atoms with E-state index in [1.807, 2.05) is 4.90 Å². The molecule has 2 aliphatic heterocycles. The molecule has 2 aliphatic rings. The summed E-state index contributed by atoms with van der Waals surface area (Å²) in [5.41, 5.74) is 0. The third kappa shape index (κ3) is 2.16. The molecule has 2 aromatic heterocycles. The number of fused-ring (bicyclic) bond motifs is 1. The highest BCUT2D eigenvalue weighted by atomic mass is 32.1. The molecule has 0 bridgehead atoms. The lowest BCUT2D eigenvalue weighted by molar-refractivity contribution is 0.0506. The number of nitrogens with one attached hydrogen (secondary N) is 1. The molecule has 0 saturated carbocycles. The predicted molar refractivity (Wildman–Crippen MR) is 83.8 cm³/mol. The highest BCUT2D eigenvalue weighted by Gasteiger charge is 2.29. The average Bonchev–Trinajstić information content (AvgIpc) is 2.97. The molecule has 0 aliphatic carbocycles. The summed E-state index contributed by atoms with van der Waals surface area (Å²) in [5.74, 6) is 0.213. The molecule has 20 heavy (non-hydrogen) atoms. The van der Waals surface area contributed by atoms with E-state index >= 15 is 0 Å². The summed E-state index contributed by atoms with van der Waals surface area (Å²) in [4.78, 5) is 18.0. The quantitative estimate of drug-likeness (QED) is 0.917. The molecule has 0 aromatic carbocycles. The topological polar surface area (TPSA) is 35.6 Å². The summed E-state index contributed by atoms with van der Waals surface area (Å²) >= 11 is 3.34. The van der Waals surface area contributed by atoms with Gasteiger partial charge in [-0.2, -0.15) is 0 Å². The summed E-state index contributed by atoms with van der Waals surface area (Å²) in [6, 6.07) is 4.84. The maximum atomic E-state index is 12.5. The molecule has 0 spiro atoms. The van der Waals surface area contributed by atoms with E-state index in [1.54, 1.807) is 22.7 Å². The lowest BCUT2D eigenvalue weighted by Gasteiger charge is -2.43. The number of hydrogen-bond acceptors (Lipinski definition) is 5. The van der Waals surface area contributed by atoms with Crippen LogP contribution in [0.15, 0.2) is 17.5 Å². The van der Waals surface area contributed by atoms with Crippen molar-refractivity contribution < 1.29 is 4.79 Å². The van der Waals surface area contributed by atoms with E-state index in [0.29, 0.717) is 6.04 Å². The zero-order valence-electron chi connectivity index (χ0n) is 11.2. The Morgan fingerprint density at radius 3 is 2.65 bits per heavy atom. The fraction of sp³-hybridized carbons (Fsp3) is 0.500. The van der Waals surface area contributed by atoms with E-state index in [2.05, 4.69) is 27.7 Å². The van der Waals surface area contributed by atoms with Crippen LogP contribution in [0.25, 0.3) is 9.40 Å². The van der Waals surface area contributed by atoms with Crippen LogP contribution in [0, 0.1) is 0 Å². The largest absolute Gasteiger partial charge is 0.335 e. The summed E-state index contributed by atoms with van der Waals surface area (Å²) in [6.07, 6.45) is 0. The van der Waals surface area contributed by atoms with Crippen molar-refractivity contribution in [3.8, 4) is 0 Å². The summed E-state index contributed by atoms with van der Waals surface area (Å²) in [6.45, 7) is 5.96. The minimum atomic E-state index is 0.213. The highest BCUT2D eigenvalue weighted by Crippen LogP contribution is 2.30. The van der Waals surface area contributed by atoms with Crippen LogP contribution in [0.4, 0.5) is 0 Å². The average molecular weight is 307 g/mol. The van der Waals surface area contributed by atoms with Gasteiger partial charge in [0.05, 0.1) is 4.88 Å².